The van der Waals surface area contributed by atoms with Gasteiger partial charge in [-0.2, -0.15) is 0 Å². The first-order chi connectivity index (χ1) is 12.5. The van der Waals surface area contributed by atoms with Crippen LogP contribution in [0.2, 0.25) is 10.0 Å². The molecule has 2 aromatic rings. The van der Waals surface area contributed by atoms with Crippen molar-refractivity contribution in [2.24, 2.45) is 0 Å². The summed E-state index contributed by atoms with van der Waals surface area (Å²) in [6.45, 7) is 5.39. The zero-order chi connectivity index (χ0) is 19.1. The van der Waals surface area contributed by atoms with E-state index in [-0.39, 0.29) is 11.8 Å². The lowest BCUT2D eigenvalue weighted by Gasteiger charge is -2.21. The normalized spacial score (nSPS) is 10.5. The van der Waals surface area contributed by atoms with Crippen molar-refractivity contribution in [3.05, 3.63) is 57.8 Å². The van der Waals surface area contributed by atoms with Crippen LogP contribution in [0.5, 0.6) is 0 Å². The van der Waals surface area contributed by atoms with Crippen LogP contribution in [-0.4, -0.2) is 34.8 Å². The number of pyridine rings is 1. The Labute approximate surface area is 163 Å². The van der Waals surface area contributed by atoms with Crippen LogP contribution in [0, 0.1) is 0 Å². The van der Waals surface area contributed by atoms with Crippen molar-refractivity contribution in [3.63, 3.8) is 0 Å². The van der Waals surface area contributed by atoms with Gasteiger partial charge in [-0.1, -0.05) is 37.0 Å². The molecule has 2 rings (SSSR count). The fourth-order valence-corrected chi connectivity index (χ4v) is 2.79. The predicted octanol–water partition coefficient (Wildman–Crippen LogP) is 4.90. The first kappa shape index (κ1) is 20.2. The van der Waals surface area contributed by atoms with E-state index >= 15 is 0 Å². The van der Waals surface area contributed by atoms with E-state index < -0.39 is 0 Å². The molecular formula is C19H21Cl2N3O2. The number of carbonyl (C=O) groups is 2. The molecule has 1 aromatic heterocycles. The summed E-state index contributed by atoms with van der Waals surface area (Å²) in [7, 11) is 0. The second kappa shape index (κ2) is 9.55. The predicted molar refractivity (Wildman–Crippen MR) is 105 cm³/mol. The van der Waals surface area contributed by atoms with Gasteiger partial charge in [0.05, 0.1) is 21.2 Å². The second-order valence-corrected chi connectivity index (χ2v) is 6.65. The minimum Gasteiger partial charge on any atom is -0.339 e. The first-order valence-corrected chi connectivity index (χ1v) is 9.22. The Kier molecular flexibility index (Phi) is 7.42. The van der Waals surface area contributed by atoms with Crippen molar-refractivity contribution < 1.29 is 9.59 Å². The summed E-state index contributed by atoms with van der Waals surface area (Å²) >= 11 is 11.8. The average molecular weight is 394 g/mol. The maximum Gasteiger partial charge on any atom is 0.257 e. The number of hydrogen-bond acceptors (Lipinski definition) is 3. The van der Waals surface area contributed by atoms with Crippen LogP contribution in [0.3, 0.4) is 0 Å². The maximum atomic E-state index is 12.7. The number of rotatable bonds is 7. The monoisotopic (exact) mass is 393 g/mol. The van der Waals surface area contributed by atoms with Gasteiger partial charge in [-0.05, 0) is 37.1 Å². The quantitative estimate of drug-likeness (QED) is 0.726. The Hall–Kier alpha value is -2.11. The molecule has 26 heavy (non-hydrogen) atoms. The van der Waals surface area contributed by atoms with Gasteiger partial charge in [0.1, 0.15) is 0 Å². The van der Waals surface area contributed by atoms with E-state index in [0.717, 1.165) is 12.8 Å². The van der Waals surface area contributed by atoms with Gasteiger partial charge < -0.3 is 10.2 Å². The number of hydrogen-bond donors (Lipinski definition) is 1. The van der Waals surface area contributed by atoms with Crippen molar-refractivity contribution in [3.8, 4) is 0 Å². The molecule has 0 bridgehead atoms. The van der Waals surface area contributed by atoms with Crippen LogP contribution in [-0.2, 0) is 0 Å². The van der Waals surface area contributed by atoms with Crippen LogP contribution in [0.4, 0.5) is 5.69 Å². The molecule has 0 aliphatic heterocycles. The summed E-state index contributed by atoms with van der Waals surface area (Å²) in [5, 5.41) is 3.48. The lowest BCUT2D eigenvalue weighted by molar-refractivity contribution is 0.0755. The highest BCUT2D eigenvalue weighted by molar-refractivity contribution is 6.42. The standard InChI is InChI=1S/C19H21Cl2N3O2/c1-3-7-24(8-4-2)19(26)14-9-13(11-22-12-14)18(25)23-15-5-6-16(20)17(21)10-15/h5-6,9-12H,3-4,7-8H2,1-2H3,(H,23,25). The molecule has 5 nitrogen and oxygen atoms in total. The van der Waals surface area contributed by atoms with Gasteiger partial charge in [0.25, 0.3) is 11.8 Å². The molecule has 0 aliphatic rings. The Morgan fingerprint density at radius 1 is 1.00 bits per heavy atom. The summed E-state index contributed by atoms with van der Waals surface area (Å²) in [5.41, 5.74) is 1.21. The van der Waals surface area contributed by atoms with Gasteiger partial charge in [0, 0.05) is 31.2 Å². The summed E-state index contributed by atoms with van der Waals surface area (Å²) in [4.78, 5) is 30.9. The smallest absolute Gasteiger partial charge is 0.257 e. The van der Waals surface area contributed by atoms with Gasteiger partial charge in [0.15, 0.2) is 0 Å². The fraction of sp³-hybridized carbons (Fsp3) is 0.316. The van der Waals surface area contributed by atoms with Gasteiger partial charge >= 0.3 is 0 Å². The molecule has 0 radical (unpaired) electrons. The highest BCUT2D eigenvalue weighted by Crippen LogP contribution is 2.25. The Balaban J connectivity index is 2.17. The van der Waals surface area contributed by atoms with Crippen LogP contribution in [0.1, 0.15) is 47.4 Å². The van der Waals surface area contributed by atoms with E-state index in [0.29, 0.717) is 39.9 Å². The van der Waals surface area contributed by atoms with Crippen LogP contribution >= 0.6 is 23.2 Å². The van der Waals surface area contributed by atoms with Gasteiger partial charge in [-0.25, -0.2) is 0 Å². The zero-order valence-corrected chi connectivity index (χ0v) is 16.3. The lowest BCUT2D eigenvalue weighted by Crippen LogP contribution is -2.32. The van der Waals surface area contributed by atoms with E-state index in [1.165, 1.54) is 12.4 Å². The number of aromatic nitrogens is 1. The molecular weight excluding hydrogens is 373 g/mol. The number of carbonyl (C=O) groups excluding carboxylic acids is 2. The molecule has 0 saturated carbocycles. The first-order valence-electron chi connectivity index (χ1n) is 8.47. The minimum atomic E-state index is -0.372. The topological polar surface area (TPSA) is 62.3 Å². The molecule has 1 aromatic carbocycles. The van der Waals surface area contributed by atoms with E-state index in [1.807, 2.05) is 13.8 Å². The molecule has 1 N–H and O–H groups in total. The summed E-state index contributed by atoms with van der Waals surface area (Å²) in [6.07, 6.45) is 4.65. The highest BCUT2D eigenvalue weighted by Gasteiger charge is 2.17. The molecule has 2 amide bonds. The third-order valence-corrected chi connectivity index (χ3v) is 4.44. The van der Waals surface area contributed by atoms with E-state index in [9.17, 15) is 9.59 Å². The number of benzene rings is 1. The zero-order valence-electron chi connectivity index (χ0n) is 14.8. The van der Waals surface area contributed by atoms with Crippen molar-refractivity contribution in [1.29, 1.82) is 0 Å². The summed E-state index contributed by atoms with van der Waals surface area (Å²) in [6, 6.07) is 6.37. The second-order valence-electron chi connectivity index (χ2n) is 5.84. The molecule has 0 spiro atoms. The largest absolute Gasteiger partial charge is 0.339 e. The highest BCUT2D eigenvalue weighted by atomic mass is 35.5. The van der Waals surface area contributed by atoms with Crippen molar-refractivity contribution >= 4 is 40.7 Å². The van der Waals surface area contributed by atoms with Gasteiger partial charge in [-0.15, -0.1) is 0 Å². The van der Waals surface area contributed by atoms with Crippen LogP contribution in [0.15, 0.2) is 36.7 Å². The molecule has 0 fully saturated rings. The number of nitrogens with one attached hydrogen (secondary N) is 1. The number of anilines is 1. The third kappa shape index (κ3) is 5.19. The van der Waals surface area contributed by atoms with Gasteiger partial charge in [0.2, 0.25) is 0 Å². The Morgan fingerprint density at radius 3 is 2.27 bits per heavy atom. The van der Waals surface area contributed by atoms with Gasteiger partial charge in [-0.3, -0.25) is 14.6 Å². The van der Waals surface area contributed by atoms with E-state index in [2.05, 4.69) is 10.3 Å². The molecule has 0 unspecified atom stereocenters. The van der Waals surface area contributed by atoms with Crippen molar-refractivity contribution in [2.75, 3.05) is 18.4 Å². The minimum absolute atomic E-state index is 0.120. The molecule has 0 aliphatic carbocycles. The molecule has 1 heterocycles. The maximum absolute atomic E-state index is 12.7. The van der Waals surface area contributed by atoms with E-state index in [1.54, 1.807) is 29.2 Å². The Bertz CT molecular complexity index is 790. The summed E-state index contributed by atoms with van der Waals surface area (Å²) < 4.78 is 0. The summed E-state index contributed by atoms with van der Waals surface area (Å²) in [5.74, 6) is -0.492. The number of halogens is 2. The Morgan fingerprint density at radius 2 is 1.65 bits per heavy atom. The lowest BCUT2D eigenvalue weighted by atomic mass is 10.1. The molecule has 7 heteroatoms. The van der Waals surface area contributed by atoms with Crippen LogP contribution < -0.4 is 5.32 Å². The average Bonchev–Trinajstić information content (AvgIpc) is 2.64. The number of amides is 2. The van der Waals surface area contributed by atoms with Crippen LogP contribution in [0.25, 0.3) is 0 Å². The fourth-order valence-electron chi connectivity index (χ4n) is 2.50. The third-order valence-electron chi connectivity index (χ3n) is 3.70. The SMILES string of the molecule is CCCN(CCC)C(=O)c1cncc(C(=O)Nc2ccc(Cl)c(Cl)c2)c1. The molecule has 0 saturated heterocycles. The molecule has 0 atom stereocenters. The van der Waals surface area contributed by atoms with Crippen molar-refractivity contribution in [1.82, 2.24) is 9.88 Å². The van der Waals surface area contributed by atoms with Crippen molar-refractivity contribution in [2.45, 2.75) is 26.7 Å². The number of nitrogens with zero attached hydrogens (tertiary/aromatic N) is 2. The molecule has 138 valence electrons. The van der Waals surface area contributed by atoms with E-state index in [4.69, 9.17) is 23.2 Å².